The normalized spacial score (nSPS) is 11.7. The number of unbranched alkanes of at least 4 members (excludes halogenated alkanes) is 12. The van der Waals surface area contributed by atoms with Crippen LogP contribution in [0.3, 0.4) is 0 Å². The van der Waals surface area contributed by atoms with E-state index in [1.54, 1.807) is 27.7 Å². The lowest BCUT2D eigenvalue weighted by Gasteiger charge is -2.25. The molecular weight excluding hydrogens is 1190 g/mol. The second kappa shape index (κ2) is 43.4. The van der Waals surface area contributed by atoms with Crippen LogP contribution < -0.4 is 18.9 Å². The fraction of sp³-hybridized carbons (Fsp3) is 0.564. The van der Waals surface area contributed by atoms with Gasteiger partial charge in [0.25, 0.3) is 0 Å². The minimum atomic E-state index is -0.727. The van der Waals surface area contributed by atoms with Gasteiger partial charge in [0.15, 0.2) is 0 Å². The maximum Gasteiger partial charge on any atom is 0.333 e. The van der Waals surface area contributed by atoms with Gasteiger partial charge in [-0.25, -0.2) is 9.59 Å². The van der Waals surface area contributed by atoms with E-state index in [0.717, 1.165) is 195 Å². The third-order valence-electron chi connectivity index (χ3n) is 16.2. The third-order valence-corrected chi connectivity index (χ3v) is 16.2. The summed E-state index contributed by atoms with van der Waals surface area (Å²) in [5.74, 6) is -1.37. The van der Waals surface area contributed by atoms with Crippen LogP contribution in [0, 0.1) is 0 Å². The summed E-state index contributed by atoms with van der Waals surface area (Å²) in [7, 11) is 0. The van der Waals surface area contributed by atoms with E-state index < -0.39 is 48.7 Å². The molecule has 0 unspecified atom stereocenters. The molecule has 4 aromatic rings. The van der Waals surface area contributed by atoms with Gasteiger partial charge >= 0.3 is 35.8 Å². The summed E-state index contributed by atoms with van der Waals surface area (Å²) in [5.41, 5.74) is 12.1. The Morgan fingerprint density at radius 3 is 0.745 bits per heavy atom. The molecule has 0 radical (unpaired) electrons. The van der Waals surface area contributed by atoms with Crippen molar-refractivity contribution in [1.29, 1.82) is 0 Å². The van der Waals surface area contributed by atoms with E-state index in [0.29, 0.717) is 48.7 Å². The standard InChI is InChI=1S/C78H108O16/c1-11-17-21-25-29-57-41-61-49-62-42-58(30-26-22-18-12-2)44-64(74(62)90-36-34-88-72(82)54-70(80)86-16-6)51-66-46-60(32-28-24-20-14-4)48-68(76(66)92-38-40-94-78(84)56(9)10)52-67-47-59(31-27-23-19-13-3)45-65(75(67)91-37-39-93-77(83)55(7)8)50-63(43-57)73(61)89-35-33-87-71(81)53-69(79)85-15-5/h41-48H,7,9,11-40,49-54H2,1-6,8,10H3. The molecule has 0 N–H and O–H groups in total. The molecule has 8 bridgehead atoms. The maximum absolute atomic E-state index is 13.0. The monoisotopic (exact) mass is 1300 g/mol. The second-order valence-electron chi connectivity index (χ2n) is 24.6. The van der Waals surface area contributed by atoms with Crippen LogP contribution >= 0.6 is 0 Å². The first-order valence-electron chi connectivity index (χ1n) is 34.9. The predicted molar refractivity (Wildman–Crippen MR) is 366 cm³/mol. The molecule has 16 nitrogen and oxygen atoms in total. The Bertz CT molecular complexity index is 2900. The molecule has 16 heteroatoms. The Morgan fingerprint density at radius 1 is 0.309 bits per heavy atom. The van der Waals surface area contributed by atoms with Crippen LogP contribution in [0.15, 0.2) is 72.8 Å². The predicted octanol–water partition coefficient (Wildman–Crippen LogP) is 15.6. The summed E-state index contributed by atoms with van der Waals surface area (Å²) in [6, 6.07) is 17.9. The number of aryl methyl sites for hydroxylation is 4. The molecule has 0 atom stereocenters. The Labute approximate surface area is 560 Å². The first-order chi connectivity index (χ1) is 45.5. The molecule has 0 amide bonds. The number of benzene rings is 4. The maximum atomic E-state index is 13.0. The summed E-state index contributed by atoms with van der Waals surface area (Å²) in [6.07, 6.45) is 20.3. The van der Waals surface area contributed by atoms with Crippen molar-refractivity contribution in [3.05, 3.63) is 140 Å². The molecule has 0 aromatic heterocycles. The van der Waals surface area contributed by atoms with E-state index >= 15 is 0 Å². The van der Waals surface area contributed by atoms with Crippen LogP contribution in [0.25, 0.3) is 0 Å². The summed E-state index contributed by atoms with van der Waals surface area (Å²) in [4.78, 5) is 76.5. The molecule has 516 valence electrons. The van der Waals surface area contributed by atoms with Crippen molar-refractivity contribution < 1.29 is 76.1 Å². The number of esters is 6. The molecule has 0 spiro atoms. The lowest BCUT2D eigenvalue weighted by atomic mass is 9.87. The quantitative estimate of drug-likeness (QED) is 0.0117. The van der Waals surface area contributed by atoms with Crippen molar-refractivity contribution in [2.75, 3.05) is 66.1 Å². The van der Waals surface area contributed by atoms with Gasteiger partial charge in [-0.05, 0) is 146 Å². The molecule has 4 aromatic carbocycles. The summed E-state index contributed by atoms with van der Waals surface area (Å²) < 4.78 is 60.7. The van der Waals surface area contributed by atoms with Crippen molar-refractivity contribution in [3.63, 3.8) is 0 Å². The Morgan fingerprint density at radius 2 is 0.532 bits per heavy atom. The van der Waals surface area contributed by atoms with Gasteiger partial charge in [0.1, 0.15) is 88.7 Å². The molecule has 0 aliphatic heterocycles. The minimum Gasteiger partial charge on any atom is -0.489 e. The van der Waals surface area contributed by atoms with Crippen LogP contribution in [0.1, 0.15) is 238 Å². The molecule has 94 heavy (non-hydrogen) atoms. The van der Waals surface area contributed by atoms with Crippen LogP contribution in [-0.2, 0) is 109 Å². The van der Waals surface area contributed by atoms with E-state index in [-0.39, 0.29) is 77.2 Å². The number of fused-ring (bicyclic) bond motifs is 8. The number of rotatable bonds is 44. The molecule has 1 aliphatic carbocycles. The number of ether oxygens (including phenoxy) is 10. The summed E-state index contributed by atoms with van der Waals surface area (Å²) in [5, 5.41) is 0. The first-order valence-corrected chi connectivity index (χ1v) is 34.9. The highest BCUT2D eigenvalue weighted by atomic mass is 16.6. The number of hydrogen-bond donors (Lipinski definition) is 0. The zero-order valence-corrected chi connectivity index (χ0v) is 58.0. The van der Waals surface area contributed by atoms with E-state index in [2.05, 4.69) is 89.4 Å². The molecule has 0 heterocycles. The smallest absolute Gasteiger partial charge is 0.333 e. The highest BCUT2D eigenvalue weighted by Crippen LogP contribution is 2.42. The van der Waals surface area contributed by atoms with Crippen molar-refractivity contribution in [2.24, 2.45) is 0 Å². The highest BCUT2D eigenvalue weighted by molar-refractivity contribution is 5.91. The zero-order chi connectivity index (χ0) is 68.0. The summed E-state index contributed by atoms with van der Waals surface area (Å²) in [6.45, 7) is 22.9. The van der Waals surface area contributed by atoms with Gasteiger partial charge in [-0.2, -0.15) is 0 Å². The lowest BCUT2D eigenvalue weighted by molar-refractivity contribution is -0.156. The fourth-order valence-corrected chi connectivity index (χ4v) is 11.7. The van der Waals surface area contributed by atoms with Crippen molar-refractivity contribution >= 4 is 35.8 Å². The zero-order valence-electron chi connectivity index (χ0n) is 58.0. The Hall–Kier alpha value is -7.62. The molecule has 0 saturated heterocycles. The SMILES string of the molecule is C=C(C)C(=O)OCCOc1c2cc(CCCCCC)cc1Cc1cc(CCCCCC)cc(c1OCCOC(=O)C(=C)C)Cc1cc(CCCCCC)cc(c1OCCOC(=O)CC(=O)OCC)Cc1cc(CCCCCC)cc(c1OCCOC(=O)CC(=O)OCC)C2. The molecule has 0 fully saturated rings. The first kappa shape index (κ1) is 77.1. The van der Waals surface area contributed by atoms with Gasteiger partial charge in [0, 0.05) is 36.8 Å². The van der Waals surface area contributed by atoms with Crippen LogP contribution in [0.4, 0.5) is 0 Å². The Balaban J connectivity index is 1.92. The lowest BCUT2D eigenvalue weighted by Crippen LogP contribution is -2.18. The van der Waals surface area contributed by atoms with Crippen molar-refractivity contribution in [2.45, 2.75) is 222 Å². The van der Waals surface area contributed by atoms with Crippen LogP contribution in [0.2, 0.25) is 0 Å². The van der Waals surface area contributed by atoms with Crippen molar-refractivity contribution in [1.82, 2.24) is 0 Å². The molecular formula is C78H108O16. The van der Waals surface area contributed by atoms with E-state index in [4.69, 9.17) is 47.4 Å². The van der Waals surface area contributed by atoms with Gasteiger partial charge in [0.2, 0.25) is 0 Å². The Kier molecular flexibility index (Phi) is 35.6. The van der Waals surface area contributed by atoms with Gasteiger partial charge in [0.05, 0.1) is 13.2 Å². The minimum absolute atomic E-state index is 0.0304. The number of hydrogen-bond acceptors (Lipinski definition) is 16. The van der Waals surface area contributed by atoms with E-state index in [1.165, 1.54) is 0 Å². The van der Waals surface area contributed by atoms with E-state index in [9.17, 15) is 28.8 Å². The molecule has 5 rings (SSSR count). The van der Waals surface area contributed by atoms with Gasteiger partial charge in [-0.3, -0.25) is 19.2 Å². The topological polar surface area (TPSA) is 195 Å². The van der Waals surface area contributed by atoms with Gasteiger partial charge < -0.3 is 47.4 Å². The van der Waals surface area contributed by atoms with Crippen LogP contribution in [0.5, 0.6) is 23.0 Å². The molecule has 1 aliphatic rings. The third kappa shape index (κ3) is 27.4. The fourth-order valence-electron chi connectivity index (χ4n) is 11.7. The number of carbonyl (C=O) groups is 6. The van der Waals surface area contributed by atoms with Gasteiger partial charge in [-0.15, -0.1) is 0 Å². The summed E-state index contributed by atoms with van der Waals surface area (Å²) >= 11 is 0. The average Bonchev–Trinajstić information content (AvgIpc) is 0.786. The highest BCUT2D eigenvalue weighted by Gasteiger charge is 2.26. The van der Waals surface area contributed by atoms with Gasteiger partial charge in [-0.1, -0.05) is 166 Å². The van der Waals surface area contributed by atoms with Crippen LogP contribution in [-0.4, -0.2) is 102 Å². The second-order valence-corrected chi connectivity index (χ2v) is 24.6. The average molecular weight is 1300 g/mol. The van der Waals surface area contributed by atoms with E-state index in [1.807, 2.05) is 0 Å². The number of carbonyl (C=O) groups excluding carboxylic acids is 6. The largest absolute Gasteiger partial charge is 0.489 e. The van der Waals surface area contributed by atoms with Crippen molar-refractivity contribution in [3.8, 4) is 23.0 Å². The molecule has 0 saturated carbocycles.